The van der Waals surface area contributed by atoms with E-state index in [1.54, 1.807) is 16.4 Å². The van der Waals surface area contributed by atoms with Gasteiger partial charge in [-0.3, -0.25) is 0 Å². The van der Waals surface area contributed by atoms with E-state index in [0.717, 1.165) is 31.5 Å². The van der Waals surface area contributed by atoms with Crippen LogP contribution in [0.4, 0.5) is 0 Å². The summed E-state index contributed by atoms with van der Waals surface area (Å²) in [5.41, 5.74) is 6.62. The van der Waals surface area contributed by atoms with E-state index in [2.05, 4.69) is 4.90 Å². The zero-order valence-corrected chi connectivity index (χ0v) is 13.6. The van der Waals surface area contributed by atoms with Crippen molar-refractivity contribution in [2.45, 2.75) is 30.7 Å². The molecule has 118 valence electrons. The monoisotopic (exact) mass is 311 g/mol. The van der Waals surface area contributed by atoms with Crippen molar-refractivity contribution in [3.63, 3.8) is 0 Å². The third-order valence-corrected chi connectivity index (χ3v) is 6.00. The molecule has 1 heterocycles. The van der Waals surface area contributed by atoms with Crippen molar-refractivity contribution in [2.75, 3.05) is 33.2 Å². The molecule has 0 bridgehead atoms. The lowest BCUT2D eigenvalue weighted by atomic mass is 10.1. The van der Waals surface area contributed by atoms with Gasteiger partial charge in [0.1, 0.15) is 0 Å². The lowest BCUT2D eigenvalue weighted by Gasteiger charge is -2.37. The molecule has 0 radical (unpaired) electrons. The molecule has 5 nitrogen and oxygen atoms in total. The fourth-order valence-corrected chi connectivity index (χ4v) is 4.36. The van der Waals surface area contributed by atoms with Crippen molar-refractivity contribution in [1.29, 1.82) is 0 Å². The highest BCUT2D eigenvalue weighted by molar-refractivity contribution is 7.89. The van der Waals surface area contributed by atoms with Gasteiger partial charge in [0.05, 0.1) is 4.90 Å². The SMILES string of the molecule is CC1CN(C)CCN1S(=O)(=O)c1ccc(CCCN)cc1. The molecule has 1 unspecified atom stereocenters. The first-order valence-corrected chi connectivity index (χ1v) is 8.88. The molecule has 1 atom stereocenters. The number of nitrogens with zero attached hydrogens (tertiary/aromatic N) is 2. The summed E-state index contributed by atoms with van der Waals surface area (Å²) in [6.07, 6.45) is 1.81. The summed E-state index contributed by atoms with van der Waals surface area (Å²) in [4.78, 5) is 2.54. The van der Waals surface area contributed by atoms with Gasteiger partial charge in [0, 0.05) is 25.7 Å². The molecule has 0 saturated carbocycles. The van der Waals surface area contributed by atoms with Crippen molar-refractivity contribution in [3.8, 4) is 0 Å². The van der Waals surface area contributed by atoms with Crippen LogP contribution in [0.15, 0.2) is 29.2 Å². The first-order chi connectivity index (χ1) is 9.95. The van der Waals surface area contributed by atoms with Gasteiger partial charge in [0.25, 0.3) is 0 Å². The predicted molar refractivity (Wildman–Crippen MR) is 84.7 cm³/mol. The fourth-order valence-electron chi connectivity index (χ4n) is 2.75. The van der Waals surface area contributed by atoms with Crippen LogP contribution in [0.25, 0.3) is 0 Å². The number of nitrogens with two attached hydrogens (primary N) is 1. The molecule has 6 heteroatoms. The minimum atomic E-state index is -3.39. The molecular formula is C15H25N3O2S. The molecule has 1 aromatic carbocycles. The van der Waals surface area contributed by atoms with Gasteiger partial charge in [-0.2, -0.15) is 4.31 Å². The maximum Gasteiger partial charge on any atom is 0.243 e. The number of hydrogen-bond acceptors (Lipinski definition) is 4. The summed E-state index contributed by atoms with van der Waals surface area (Å²) in [6.45, 7) is 4.71. The van der Waals surface area contributed by atoms with E-state index in [9.17, 15) is 8.42 Å². The van der Waals surface area contributed by atoms with Crippen LogP contribution in [-0.2, 0) is 16.4 Å². The van der Waals surface area contributed by atoms with Crippen molar-refractivity contribution in [3.05, 3.63) is 29.8 Å². The van der Waals surface area contributed by atoms with Gasteiger partial charge in [-0.25, -0.2) is 8.42 Å². The Morgan fingerprint density at radius 3 is 2.48 bits per heavy atom. The quantitative estimate of drug-likeness (QED) is 0.877. The van der Waals surface area contributed by atoms with Gasteiger partial charge >= 0.3 is 0 Å². The second-order valence-corrected chi connectivity index (χ2v) is 7.65. The average molecular weight is 311 g/mol. The number of aryl methyl sites for hydroxylation is 1. The Hall–Kier alpha value is -0.950. The van der Waals surface area contributed by atoms with Crippen LogP contribution in [-0.4, -0.2) is 56.9 Å². The number of rotatable bonds is 5. The zero-order chi connectivity index (χ0) is 15.5. The number of benzene rings is 1. The molecule has 1 aliphatic rings. The molecule has 2 N–H and O–H groups in total. The summed E-state index contributed by atoms with van der Waals surface area (Å²) < 4.78 is 27.0. The van der Waals surface area contributed by atoms with Crippen molar-refractivity contribution >= 4 is 10.0 Å². The highest BCUT2D eigenvalue weighted by Crippen LogP contribution is 2.21. The molecule has 1 aliphatic heterocycles. The van der Waals surface area contributed by atoms with Gasteiger partial charge in [-0.15, -0.1) is 0 Å². The van der Waals surface area contributed by atoms with E-state index in [-0.39, 0.29) is 6.04 Å². The molecule has 2 rings (SSSR count). The van der Waals surface area contributed by atoms with Gasteiger partial charge in [0.15, 0.2) is 0 Å². The zero-order valence-electron chi connectivity index (χ0n) is 12.8. The Morgan fingerprint density at radius 2 is 1.90 bits per heavy atom. The highest BCUT2D eigenvalue weighted by Gasteiger charge is 2.32. The summed E-state index contributed by atoms with van der Waals surface area (Å²) in [5, 5.41) is 0. The van der Waals surface area contributed by atoms with Gasteiger partial charge in [0.2, 0.25) is 10.0 Å². The number of likely N-dealkylation sites (N-methyl/N-ethyl adjacent to an activating group) is 1. The largest absolute Gasteiger partial charge is 0.330 e. The maximum absolute atomic E-state index is 12.7. The van der Waals surface area contributed by atoms with Gasteiger partial charge in [-0.1, -0.05) is 12.1 Å². The molecule has 0 aromatic heterocycles. The van der Waals surface area contributed by atoms with E-state index in [1.807, 2.05) is 26.1 Å². The Bertz CT molecular complexity index is 557. The molecule has 0 amide bonds. The van der Waals surface area contributed by atoms with E-state index < -0.39 is 10.0 Å². The molecule has 21 heavy (non-hydrogen) atoms. The van der Waals surface area contributed by atoms with E-state index in [4.69, 9.17) is 5.73 Å². The Labute approximate surface area is 127 Å². The molecule has 1 fully saturated rings. The maximum atomic E-state index is 12.7. The van der Waals surface area contributed by atoms with Crippen molar-refractivity contribution in [1.82, 2.24) is 9.21 Å². The normalized spacial score (nSPS) is 21.6. The molecule has 1 saturated heterocycles. The van der Waals surface area contributed by atoms with Gasteiger partial charge in [-0.05, 0) is 51.1 Å². The first kappa shape index (κ1) is 16.4. The Kier molecular flexibility index (Phi) is 5.37. The van der Waals surface area contributed by atoms with E-state index in [0.29, 0.717) is 18.0 Å². The minimum absolute atomic E-state index is 0.00525. The van der Waals surface area contributed by atoms with E-state index in [1.165, 1.54) is 0 Å². The first-order valence-electron chi connectivity index (χ1n) is 7.44. The predicted octanol–water partition coefficient (Wildman–Crippen LogP) is 0.903. The third-order valence-electron chi connectivity index (χ3n) is 3.97. The van der Waals surface area contributed by atoms with Crippen LogP contribution in [0.3, 0.4) is 0 Å². The summed E-state index contributed by atoms with van der Waals surface area (Å²) in [6, 6.07) is 7.22. The minimum Gasteiger partial charge on any atom is -0.330 e. The average Bonchev–Trinajstić information content (AvgIpc) is 2.45. The topological polar surface area (TPSA) is 66.6 Å². The van der Waals surface area contributed by atoms with Crippen LogP contribution in [0.5, 0.6) is 0 Å². The second kappa shape index (κ2) is 6.87. The molecule has 0 aliphatic carbocycles. The fraction of sp³-hybridized carbons (Fsp3) is 0.600. The third kappa shape index (κ3) is 3.83. The molecule has 0 spiro atoms. The second-order valence-electron chi connectivity index (χ2n) is 5.76. The van der Waals surface area contributed by atoms with Crippen LogP contribution in [0.2, 0.25) is 0 Å². The van der Waals surface area contributed by atoms with Crippen molar-refractivity contribution in [2.24, 2.45) is 5.73 Å². The Morgan fingerprint density at radius 1 is 1.24 bits per heavy atom. The van der Waals surface area contributed by atoms with Crippen molar-refractivity contribution < 1.29 is 8.42 Å². The standard InChI is InChI=1S/C15H25N3O2S/c1-13-12-17(2)10-11-18(13)21(19,20)15-7-5-14(6-8-15)4-3-9-16/h5-8,13H,3-4,9-12,16H2,1-2H3. The molecule has 1 aromatic rings. The lowest BCUT2D eigenvalue weighted by molar-refractivity contribution is 0.170. The summed E-state index contributed by atoms with van der Waals surface area (Å²) in [7, 11) is -1.37. The van der Waals surface area contributed by atoms with Crippen LogP contribution in [0, 0.1) is 0 Å². The smallest absolute Gasteiger partial charge is 0.243 e. The molecular weight excluding hydrogens is 286 g/mol. The van der Waals surface area contributed by atoms with Gasteiger partial charge < -0.3 is 10.6 Å². The highest BCUT2D eigenvalue weighted by atomic mass is 32.2. The number of piperazine rings is 1. The van der Waals surface area contributed by atoms with Crippen LogP contribution < -0.4 is 5.73 Å². The van der Waals surface area contributed by atoms with Crippen LogP contribution in [0.1, 0.15) is 18.9 Å². The Balaban J connectivity index is 2.15. The number of sulfonamides is 1. The lowest BCUT2D eigenvalue weighted by Crippen LogP contribution is -2.52. The summed E-state index contributed by atoms with van der Waals surface area (Å²) >= 11 is 0. The summed E-state index contributed by atoms with van der Waals surface area (Å²) in [5.74, 6) is 0. The number of hydrogen-bond donors (Lipinski definition) is 1. The van der Waals surface area contributed by atoms with E-state index >= 15 is 0 Å². The van der Waals surface area contributed by atoms with Crippen LogP contribution >= 0.6 is 0 Å².